The van der Waals surface area contributed by atoms with Gasteiger partial charge in [-0.3, -0.25) is 0 Å². The minimum absolute atomic E-state index is 0.677. The average molecular weight is 208 g/mol. The van der Waals surface area contributed by atoms with Gasteiger partial charge in [-0.1, -0.05) is 24.3 Å². The van der Waals surface area contributed by atoms with Crippen molar-refractivity contribution >= 4 is 5.69 Å². The van der Waals surface area contributed by atoms with E-state index in [1.807, 2.05) is 49.4 Å². The molecule has 78 valence electrons. The smallest absolute Gasteiger partial charge is 0.0991 e. The fourth-order valence-electron chi connectivity index (χ4n) is 1.78. The number of benzene rings is 2. The number of nitrogens with zero attached hydrogens (tertiary/aromatic N) is 1. The van der Waals surface area contributed by atoms with Crippen LogP contribution >= 0.6 is 0 Å². The summed E-state index contributed by atoms with van der Waals surface area (Å²) in [4.78, 5) is 0. The van der Waals surface area contributed by atoms with Crippen molar-refractivity contribution in [2.24, 2.45) is 0 Å². The molecule has 0 amide bonds. The molecule has 0 fully saturated rings. The summed E-state index contributed by atoms with van der Waals surface area (Å²) in [5.41, 5.74) is 10.5. The van der Waals surface area contributed by atoms with Crippen molar-refractivity contribution in [3.05, 3.63) is 53.6 Å². The minimum Gasteiger partial charge on any atom is -0.398 e. The second-order valence-electron chi connectivity index (χ2n) is 3.73. The SMILES string of the molecule is Cc1cc(C#N)ccc1-c1ccccc1N. The molecule has 0 aliphatic carbocycles. The van der Waals surface area contributed by atoms with Crippen LogP contribution in [0.5, 0.6) is 0 Å². The maximum Gasteiger partial charge on any atom is 0.0991 e. The molecule has 0 aliphatic rings. The Kier molecular flexibility index (Phi) is 2.61. The molecule has 2 heteroatoms. The van der Waals surface area contributed by atoms with Gasteiger partial charge in [-0.2, -0.15) is 5.26 Å². The molecule has 0 saturated heterocycles. The van der Waals surface area contributed by atoms with Gasteiger partial charge in [0.25, 0.3) is 0 Å². The van der Waals surface area contributed by atoms with Crippen LogP contribution < -0.4 is 5.73 Å². The van der Waals surface area contributed by atoms with Crippen molar-refractivity contribution in [3.8, 4) is 17.2 Å². The summed E-state index contributed by atoms with van der Waals surface area (Å²) in [6.45, 7) is 1.99. The lowest BCUT2D eigenvalue weighted by atomic mass is 9.97. The molecule has 0 saturated carbocycles. The van der Waals surface area contributed by atoms with E-state index in [0.29, 0.717) is 5.56 Å². The van der Waals surface area contributed by atoms with Crippen LogP contribution in [0.4, 0.5) is 5.69 Å². The van der Waals surface area contributed by atoms with Crippen LogP contribution in [0.25, 0.3) is 11.1 Å². The van der Waals surface area contributed by atoms with E-state index in [-0.39, 0.29) is 0 Å². The third-order valence-corrected chi connectivity index (χ3v) is 2.61. The second kappa shape index (κ2) is 4.08. The molecular weight excluding hydrogens is 196 g/mol. The summed E-state index contributed by atoms with van der Waals surface area (Å²) < 4.78 is 0. The number of anilines is 1. The van der Waals surface area contributed by atoms with Gasteiger partial charge in [0.1, 0.15) is 0 Å². The molecule has 2 rings (SSSR count). The Morgan fingerprint density at radius 3 is 2.44 bits per heavy atom. The average Bonchev–Trinajstić information content (AvgIpc) is 2.30. The van der Waals surface area contributed by atoms with Crippen molar-refractivity contribution in [1.82, 2.24) is 0 Å². The third kappa shape index (κ3) is 1.76. The van der Waals surface area contributed by atoms with Gasteiger partial charge < -0.3 is 5.73 Å². The Morgan fingerprint density at radius 2 is 1.81 bits per heavy atom. The van der Waals surface area contributed by atoms with Crippen LogP contribution in [0.2, 0.25) is 0 Å². The highest BCUT2D eigenvalue weighted by Crippen LogP contribution is 2.28. The quantitative estimate of drug-likeness (QED) is 0.732. The lowest BCUT2D eigenvalue weighted by Crippen LogP contribution is -1.91. The van der Waals surface area contributed by atoms with Gasteiger partial charge in [-0.15, -0.1) is 0 Å². The number of aryl methyl sites for hydroxylation is 1. The summed E-state index contributed by atoms with van der Waals surface area (Å²) in [7, 11) is 0. The van der Waals surface area contributed by atoms with Crippen molar-refractivity contribution in [3.63, 3.8) is 0 Å². The van der Waals surface area contributed by atoms with Crippen molar-refractivity contribution in [2.45, 2.75) is 6.92 Å². The Morgan fingerprint density at radius 1 is 1.06 bits per heavy atom. The fourth-order valence-corrected chi connectivity index (χ4v) is 1.78. The van der Waals surface area contributed by atoms with Crippen molar-refractivity contribution < 1.29 is 0 Å². The normalized spacial score (nSPS) is 9.75. The highest BCUT2D eigenvalue weighted by Gasteiger charge is 2.05. The van der Waals surface area contributed by atoms with E-state index in [1.165, 1.54) is 0 Å². The number of hydrogen-bond acceptors (Lipinski definition) is 2. The van der Waals surface area contributed by atoms with E-state index in [9.17, 15) is 0 Å². The van der Waals surface area contributed by atoms with Gasteiger partial charge in [-0.05, 0) is 36.2 Å². The summed E-state index contributed by atoms with van der Waals surface area (Å²) in [5.74, 6) is 0. The largest absolute Gasteiger partial charge is 0.398 e. The molecule has 0 aromatic heterocycles. The zero-order chi connectivity index (χ0) is 11.5. The number of rotatable bonds is 1. The molecule has 0 unspecified atom stereocenters. The summed E-state index contributed by atoms with van der Waals surface area (Å²) >= 11 is 0. The first-order valence-corrected chi connectivity index (χ1v) is 5.08. The summed E-state index contributed by atoms with van der Waals surface area (Å²) in [6, 6.07) is 15.5. The maximum absolute atomic E-state index is 8.80. The summed E-state index contributed by atoms with van der Waals surface area (Å²) in [5, 5.41) is 8.80. The zero-order valence-electron chi connectivity index (χ0n) is 9.07. The van der Waals surface area contributed by atoms with Gasteiger partial charge in [0.15, 0.2) is 0 Å². The van der Waals surface area contributed by atoms with Crippen molar-refractivity contribution in [2.75, 3.05) is 5.73 Å². The highest BCUT2D eigenvalue weighted by molar-refractivity contribution is 5.78. The Labute approximate surface area is 95.0 Å². The van der Waals surface area contributed by atoms with Gasteiger partial charge >= 0.3 is 0 Å². The number of para-hydroxylation sites is 1. The first kappa shape index (κ1) is 10.3. The molecule has 16 heavy (non-hydrogen) atoms. The molecule has 0 radical (unpaired) electrons. The van der Waals surface area contributed by atoms with Gasteiger partial charge in [0.2, 0.25) is 0 Å². The molecule has 2 nitrogen and oxygen atoms in total. The number of hydrogen-bond donors (Lipinski definition) is 1. The lowest BCUT2D eigenvalue weighted by molar-refractivity contribution is 1.41. The molecule has 2 aromatic carbocycles. The molecule has 0 atom stereocenters. The standard InChI is InChI=1S/C14H12N2/c1-10-8-11(9-15)6-7-12(10)13-4-2-3-5-14(13)16/h2-8H,16H2,1H3. The van der Waals surface area contributed by atoms with Crippen LogP contribution in [0.3, 0.4) is 0 Å². The molecule has 2 aromatic rings. The first-order valence-electron chi connectivity index (χ1n) is 5.08. The van der Waals surface area contributed by atoms with E-state index >= 15 is 0 Å². The van der Waals surface area contributed by atoms with Crippen LogP contribution in [-0.4, -0.2) is 0 Å². The monoisotopic (exact) mass is 208 g/mol. The predicted octanol–water partition coefficient (Wildman–Crippen LogP) is 3.12. The van der Waals surface area contributed by atoms with Crippen LogP contribution in [-0.2, 0) is 0 Å². The minimum atomic E-state index is 0.677. The second-order valence-corrected chi connectivity index (χ2v) is 3.73. The van der Waals surface area contributed by atoms with E-state index in [2.05, 4.69) is 6.07 Å². The molecule has 0 aliphatic heterocycles. The fraction of sp³-hybridized carbons (Fsp3) is 0.0714. The Balaban J connectivity index is 2.58. The molecule has 0 heterocycles. The Hall–Kier alpha value is -2.27. The van der Waals surface area contributed by atoms with Gasteiger partial charge in [0.05, 0.1) is 11.6 Å². The van der Waals surface area contributed by atoms with Crippen LogP contribution in [0.15, 0.2) is 42.5 Å². The Bertz CT molecular complexity index is 565. The zero-order valence-corrected chi connectivity index (χ0v) is 9.07. The number of nitriles is 1. The molecular formula is C14H12N2. The predicted molar refractivity (Wildman–Crippen MR) is 65.7 cm³/mol. The molecule has 0 spiro atoms. The lowest BCUT2D eigenvalue weighted by Gasteiger charge is -2.08. The van der Waals surface area contributed by atoms with E-state index in [0.717, 1.165) is 22.4 Å². The third-order valence-electron chi connectivity index (χ3n) is 2.61. The van der Waals surface area contributed by atoms with Crippen molar-refractivity contribution in [1.29, 1.82) is 5.26 Å². The number of nitrogens with two attached hydrogens (primary N) is 1. The van der Waals surface area contributed by atoms with Gasteiger partial charge in [-0.25, -0.2) is 0 Å². The van der Waals surface area contributed by atoms with E-state index in [1.54, 1.807) is 0 Å². The van der Waals surface area contributed by atoms with E-state index < -0.39 is 0 Å². The van der Waals surface area contributed by atoms with Crippen LogP contribution in [0, 0.1) is 18.3 Å². The highest BCUT2D eigenvalue weighted by atomic mass is 14.6. The molecule has 2 N–H and O–H groups in total. The first-order chi connectivity index (χ1) is 7.72. The summed E-state index contributed by atoms with van der Waals surface area (Å²) in [6.07, 6.45) is 0. The van der Waals surface area contributed by atoms with E-state index in [4.69, 9.17) is 11.0 Å². The number of nitrogen functional groups attached to an aromatic ring is 1. The topological polar surface area (TPSA) is 49.8 Å². The van der Waals surface area contributed by atoms with Crippen LogP contribution in [0.1, 0.15) is 11.1 Å². The maximum atomic E-state index is 8.80. The van der Waals surface area contributed by atoms with Gasteiger partial charge in [0, 0.05) is 11.3 Å². The molecule has 0 bridgehead atoms.